The van der Waals surface area contributed by atoms with Crippen LogP contribution in [-0.2, 0) is 5.75 Å². The Labute approximate surface area is 176 Å². The normalized spacial score (nSPS) is 11.1. The van der Waals surface area contributed by atoms with Crippen molar-refractivity contribution in [3.8, 4) is 28.7 Å². The Morgan fingerprint density at radius 1 is 0.933 bits per heavy atom. The number of nitrogens with zero attached hydrogens (tertiary/aromatic N) is 5. The highest BCUT2D eigenvalue weighted by Crippen LogP contribution is 2.30. The molecule has 0 saturated carbocycles. The maximum Gasteiger partial charge on any atom is 0.257 e. The zero-order valence-electron chi connectivity index (χ0n) is 16.1. The molecule has 0 atom stereocenters. The van der Waals surface area contributed by atoms with Gasteiger partial charge in [0, 0.05) is 11.3 Å². The zero-order valence-corrected chi connectivity index (χ0v) is 16.9. The Balaban J connectivity index is 1.41. The average Bonchev–Trinajstić information content (AvgIpc) is 3.53. The van der Waals surface area contributed by atoms with Crippen molar-refractivity contribution in [2.75, 3.05) is 0 Å². The van der Waals surface area contributed by atoms with Crippen LogP contribution in [0.5, 0.6) is 0 Å². The van der Waals surface area contributed by atoms with E-state index in [9.17, 15) is 0 Å². The minimum absolute atomic E-state index is 0.498. The number of para-hydroxylation sites is 1. The highest BCUT2D eigenvalue weighted by Gasteiger charge is 2.19. The standard InChI is InChI=1S/C22H17N5O2S/c1-15-9-11-16(12-10-15)21-23-19(26-29-21)14-30-22-25-24-20(18-8-5-13-28-18)27(22)17-6-3-2-4-7-17/h2-13H,14H2,1H3. The summed E-state index contributed by atoms with van der Waals surface area (Å²) >= 11 is 1.49. The van der Waals surface area contributed by atoms with Crippen molar-refractivity contribution in [3.05, 3.63) is 84.4 Å². The van der Waals surface area contributed by atoms with Crippen LogP contribution in [0.1, 0.15) is 11.4 Å². The van der Waals surface area contributed by atoms with Gasteiger partial charge in [0.25, 0.3) is 5.89 Å². The minimum Gasteiger partial charge on any atom is -0.461 e. The molecule has 0 radical (unpaired) electrons. The first kappa shape index (κ1) is 18.4. The lowest BCUT2D eigenvalue weighted by Crippen LogP contribution is -1.99. The molecule has 3 heterocycles. The van der Waals surface area contributed by atoms with Gasteiger partial charge in [-0.1, -0.05) is 52.8 Å². The molecule has 0 aliphatic carbocycles. The molecule has 3 aromatic heterocycles. The second kappa shape index (κ2) is 8.00. The van der Waals surface area contributed by atoms with Gasteiger partial charge in [-0.25, -0.2) is 0 Å². The lowest BCUT2D eigenvalue weighted by molar-refractivity contribution is 0.425. The number of aryl methyl sites for hydroxylation is 1. The topological polar surface area (TPSA) is 82.8 Å². The van der Waals surface area contributed by atoms with Crippen LogP contribution < -0.4 is 0 Å². The molecule has 5 rings (SSSR count). The molecule has 0 bridgehead atoms. The van der Waals surface area contributed by atoms with Crippen LogP contribution in [0.15, 0.2) is 87.1 Å². The van der Waals surface area contributed by atoms with Crippen LogP contribution >= 0.6 is 11.8 Å². The third kappa shape index (κ3) is 3.65. The fraction of sp³-hybridized carbons (Fsp3) is 0.0909. The van der Waals surface area contributed by atoms with Gasteiger partial charge in [-0.2, -0.15) is 4.98 Å². The summed E-state index contributed by atoms with van der Waals surface area (Å²) in [6, 6.07) is 21.6. The van der Waals surface area contributed by atoms with Gasteiger partial charge >= 0.3 is 0 Å². The third-order valence-electron chi connectivity index (χ3n) is 4.49. The number of hydrogen-bond acceptors (Lipinski definition) is 7. The molecule has 8 heteroatoms. The SMILES string of the molecule is Cc1ccc(-c2nc(CSc3nnc(-c4ccco4)n3-c3ccccc3)no2)cc1. The van der Waals surface area contributed by atoms with Crippen molar-refractivity contribution in [3.63, 3.8) is 0 Å². The number of rotatable bonds is 6. The Hall–Kier alpha value is -3.65. The van der Waals surface area contributed by atoms with E-state index < -0.39 is 0 Å². The van der Waals surface area contributed by atoms with E-state index >= 15 is 0 Å². The third-order valence-corrected chi connectivity index (χ3v) is 5.41. The molecule has 5 aromatic rings. The summed E-state index contributed by atoms with van der Waals surface area (Å²) in [4.78, 5) is 4.51. The van der Waals surface area contributed by atoms with E-state index in [-0.39, 0.29) is 0 Å². The van der Waals surface area contributed by atoms with Crippen molar-refractivity contribution in [1.29, 1.82) is 0 Å². The van der Waals surface area contributed by atoms with E-state index in [1.807, 2.05) is 78.2 Å². The van der Waals surface area contributed by atoms with Gasteiger partial charge in [-0.05, 0) is 43.3 Å². The summed E-state index contributed by atoms with van der Waals surface area (Å²) in [7, 11) is 0. The Morgan fingerprint density at radius 2 is 1.77 bits per heavy atom. The average molecular weight is 415 g/mol. The maximum absolute atomic E-state index is 5.55. The molecular formula is C22H17N5O2S. The molecule has 2 aromatic carbocycles. The van der Waals surface area contributed by atoms with Crippen LogP contribution in [-0.4, -0.2) is 24.9 Å². The van der Waals surface area contributed by atoms with Gasteiger partial charge in [0.15, 0.2) is 16.7 Å². The molecule has 0 saturated heterocycles. The number of thioether (sulfide) groups is 1. The lowest BCUT2D eigenvalue weighted by Gasteiger charge is -2.08. The second-order valence-electron chi connectivity index (χ2n) is 6.62. The van der Waals surface area contributed by atoms with Gasteiger partial charge in [0.2, 0.25) is 5.82 Å². The minimum atomic E-state index is 0.498. The quantitative estimate of drug-likeness (QED) is 0.353. The molecule has 7 nitrogen and oxygen atoms in total. The highest BCUT2D eigenvalue weighted by atomic mass is 32.2. The van der Waals surface area contributed by atoms with E-state index in [4.69, 9.17) is 8.94 Å². The van der Waals surface area contributed by atoms with Crippen molar-refractivity contribution in [1.82, 2.24) is 24.9 Å². The van der Waals surface area contributed by atoms with Gasteiger partial charge in [0.1, 0.15) is 0 Å². The van der Waals surface area contributed by atoms with Crippen LogP contribution in [0.2, 0.25) is 0 Å². The first-order valence-corrected chi connectivity index (χ1v) is 10.3. The fourth-order valence-corrected chi connectivity index (χ4v) is 3.79. The monoisotopic (exact) mass is 415 g/mol. The molecule has 0 spiro atoms. The largest absolute Gasteiger partial charge is 0.461 e. The summed E-state index contributed by atoms with van der Waals surface area (Å²) in [5.41, 5.74) is 3.03. The molecule has 0 aliphatic rings. The van der Waals surface area contributed by atoms with E-state index in [0.717, 1.165) is 11.3 Å². The van der Waals surface area contributed by atoms with Crippen molar-refractivity contribution in [2.45, 2.75) is 17.8 Å². The van der Waals surface area contributed by atoms with Crippen molar-refractivity contribution >= 4 is 11.8 Å². The summed E-state index contributed by atoms with van der Waals surface area (Å²) < 4.78 is 12.9. The molecule has 148 valence electrons. The number of aromatic nitrogens is 5. The van der Waals surface area contributed by atoms with Crippen LogP contribution in [0.3, 0.4) is 0 Å². The van der Waals surface area contributed by atoms with E-state index in [0.29, 0.717) is 34.2 Å². The Morgan fingerprint density at radius 3 is 2.53 bits per heavy atom. The van der Waals surface area contributed by atoms with Crippen molar-refractivity contribution in [2.24, 2.45) is 0 Å². The first-order valence-electron chi connectivity index (χ1n) is 9.35. The number of hydrogen-bond donors (Lipinski definition) is 0. The van der Waals surface area contributed by atoms with Crippen molar-refractivity contribution < 1.29 is 8.94 Å². The molecule has 0 N–H and O–H groups in total. The van der Waals surface area contributed by atoms with E-state index in [1.165, 1.54) is 17.3 Å². The van der Waals surface area contributed by atoms with Crippen LogP contribution in [0, 0.1) is 6.92 Å². The van der Waals surface area contributed by atoms with E-state index in [1.54, 1.807) is 6.26 Å². The van der Waals surface area contributed by atoms with Gasteiger partial charge in [-0.3, -0.25) is 4.57 Å². The highest BCUT2D eigenvalue weighted by molar-refractivity contribution is 7.98. The van der Waals surface area contributed by atoms with E-state index in [2.05, 4.69) is 20.3 Å². The summed E-state index contributed by atoms with van der Waals surface area (Å²) in [6.45, 7) is 2.04. The van der Waals surface area contributed by atoms with Gasteiger partial charge < -0.3 is 8.94 Å². The molecule has 0 unspecified atom stereocenters. The smallest absolute Gasteiger partial charge is 0.257 e. The molecule has 0 amide bonds. The zero-order chi connectivity index (χ0) is 20.3. The van der Waals surface area contributed by atoms with Crippen LogP contribution in [0.25, 0.3) is 28.7 Å². The Bertz CT molecular complexity index is 1240. The second-order valence-corrected chi connectivity index (χ2v) is 7.57. The predicted molar refractivity (Wildman–Crippen MR) is 113 cm³/mol. The molecule has 30 heavy (non-hydrogen) atoms. The van der Waals surface area contributed by atoms with Gasteiger partial charge in [-0.15, -0.1) is 10.2 Å². The first-order chi connectivity index (χ1) is 14.8. The molecular weight excluding hydrogens is 398 g/mol. The van der Waals surface area contributed by atoms with Crippen LogP contribution in [0.4, 0.5) is 0 Å². The number of furan rings is 1. The fourth-order valence-electron chi connectivity index (χ4n) is 2.99. The summed E-state index contributed by atoms with van der Waals surface area (Å²) in [6.07, 6.45) is 1.62. The summed E-state index contributed by atoms with van der Waals surface area (Å²) in [5.74, 6) is 2.89. The lowest BCUT2D eigenvalue weighted by atomic mass is 10.1. The predicted octanol–water partition coefficient (Wildman–Crippen LogP) is 5.18. The molecule has 0 aliphatic heterocycles. The molecule has 0 fully saturated rings. The number of benzene rings is 2. The summed E-state index contributed by atoms with van der Waals surface area (Å²) in [5, 5.41) is 13.5. The Kier molecular flexibility index (Phi) is 4.90. The maximum atomic E-state index is 5.55. The van der Waals surface area contributed by atoms with Gasteiger partial charge in [0.05, 0.1) is 12.0 Å².